The lowest BCUT2D eigenvalue weighted by Gasteiger charge is -2.10. The minimum absolute atomic E-state index is 0.0191. The zero-order chi connectivity index (χ0) is 25.5. The second-order valence-corrected chi connectivity index (χ2v) is 8.30. The molecule has 3 nitrogen and oxygen atoms in total. The van der Waals surface area contributed by atoms with Gasteiger partial charge in [-0.25, -0.2) is 4.98 Å². The summed E-state index contributed by atoms with van der Waals surface area (Å²) >= 11 is 0. The first-order valence-corrected chi connectivity index (χ1v) is 11.0. The zero-order valence-electron chi connectivity index (χ0n) is 18.5. The van der Waals surface area contributed by atoms with Crippen LogP contribution in [0.1, 0.15) is 22.6 Å². The summed E-state index contributed by atoms with van der Waals surface area (Å²) in [4.78, 5) is 7.60. The molecule has 0 bridgehead atoms. The molecule has 0 spiro atoms. The van der Waals surface area contributed by atoms with Crippen molar-refractivity contribution in [3.05, 3.63) is 102 Å². The number of aromatic amines is 1. The minimum Gasteiger partial charge on any atom is -0.440 e. The van der Waals surface area contributed by atoms with Crippen molar-refractivity contribution >= 4 is 10.9 Å². The fourth-order valence-corrected chi connectivity index (χ4v) is 4.12. The quantitative estimate of drug-likeness (QED) is 0.247. The molecule has 0 radical (unpaired) electrons. The average molecular weight is 500 g/mol. The lowest BCUT2D eigenvalue weighted by molar-refractivity contribution is -0.138. The molecule has 0 aliphatic carbocycles. The summed E-state index contributed by atoms with van der Waals surface area (Å²) in [6.45, 7) is 0. The van der Waals surface area contributed by atoms with Crippen LogP contribution in [-0.4, -0.2) is 9.97 Å². The predicted molar refractivity (Wildman–Crippen MR) is 123 cm³/mol. The van der Waals surface area contributed by atoms with E-state index in [2.05, 4.69) is 9.97 Å². The average Bonchev–Trinajstić information content (AvgIpc) is 3.46. The van der Waals surface area contributed by atoms with Gasteiger partial charge in [0.1, 0.15) is 5.69 Å². The number of benzene rings is 3. The van der Waals surface area contributed by atoms with Crippen molar-refractivity contribution in [3.8, 4) is 22.6 Å². The van der Waals surface area contributed by atoms with E-state index in [-0.39, 0.29) is 28.5 Å². The molecule has 0 amide bonds. The lowest BCUT2D eigenvalue weighted by Crippen LogP contribution is -2.05. The number of aromatic nitrogens is 2. The zero-order valence-corrected chi connectivity index (χ0v) is 18.5. The van der Waals surface area contributed by atoms with Crippen molar-refractivity contribution in [2.24, 2.45) is 0 Å². The van der Waals surface area contributed by atoms with Crippen molar-refractivity contribution in [2.75, 3.05) is 0 Å². The molecule has 0 aliphatic rings. The van der Waals surface area contributed by atoms with Crippen LogP contribution in [0.5, 0.6) is 0 Å². The highest BCUT2D eigenvalue weighted by Gasteiger charge is 2.32. The molecule has 0 fully saturated rings. The molecule has 0 saturated carbocycles. The number of H-pyrrole nitrogens is 1. The van der Waals surface area contributed by atoms with E-state index in [0.717, 1.165) is 40.7 Å². The Hall–Kier alpha value is -4.01. The highest BCUT2D eigenvalue weighted by Crippen LogP contribution is 2.39. The number of hydrogen-bond acceptors (Lipinski definition) is 2. The normalized spacial score (nSPS) is 12.4. The van der Waals surface area contributed by atoms with Crippen LogP contribution < -0.4 is 0 Å². The number of rotatable bonds is 5. The molecular formula is C27H18F6N2O. The first kappa shape index (κ1) is 23.7. The maximum atomic E-state index is 13.3. The van der Waals surface area contributed by atoms with Crippen LogP contribution in [0.15, 0.2) is 83.4 Å². The van der Waals surface area contributed by atoms with E-state index in [1.165, 1.54) is 24.3 Å². The van der Waals surface area contributed by atoms with Gasteiger partial charge in [-0.3, -0.25) is 0 Å². The predicted octanol–water partition coefficient (Wildman–Crippen LogP) is 8.31. The van der Waals surface area contributed by atoms with E-state index in [1.807, 2.05) is 30.5 Å². The number of hydrogen-bond donors (Lipinski definition) is 1. The Morgan fingerprint density at radius 3 is 2.06 bits per heavy atom. The minimum atomic E-state index is -4.59. The lowest BCUT2D eigenvalue weighted by atomic mass is 10.0. The number of alkyl halides is 6. The van der Waals surface area contributed by atoms with Crippen LogP contribution in [0, 0.1) is 0 Å². The summed E-state index contributed by atoms with van der Waals surface area (Å²) in [5, 5.41) is 1.01. The van der Waals surface area contributed by atoms with E-state index in [4.69, 9.17) is 4.42 Å². The molecule has 3 aromatic carbocycles. The molecule has 1 N–H and O–H groups in total. The van der Waals surface area contributed by atoms with Crippen LogP contribution >= 0.6 is 0 Å². The Morgan fingerprint density at radius 2 is 1.36 bits per heavy atom. The summed E-state index contributed by atoms with van der Waals surface area (Å²) in [5.74, 6) is 0.189. The molecule has 36 heavy (non-hydrogen) atoms. The van der Waals surface area contributed by atoms with Gasteiger partial charge in [-0.1, -0.05) is 42.5 Å². The summed E-state index contributed by atoms with van der Waals surface area (Å²) < 4.78 is 85.9. The fourth-order valence-electron chi connectivity index (χ4n) is 4.12. The van der Waals surface area contributed by atoms with Crippen LogP contribution in [-0.2, 0) is 25.2 Å². The molecule has 0 atom stereocenters. The van der Waals surface area contributed by atoms with E-state index in [0.29, 0.717) is 12.8 Å². The van der Waals surface area contributed by atoms with Crippen LogP contribution in [0.4, 0.5) is 26.3 Å². The van der Waals surface area contributed by atoms with Crippen molar-refractivity contribution in [3.63, 3.8) is 0 Å². The Morgan fingerprint density at radius 1 is 0.722 bits per heavy atom. The number of nitrogens with zero attached hydrogens (tertiary/aromatic N) is 1. The van der Waals surface area contributed by atoms with Crippen LogP contribution in [0.3, 0.4) is 0 Å². The Balaban J connectivity index is 1.56. The third kappa shape index (κ3) is 4.73. The molecule has 5 aromatic rings. The smallest absolute Gasteiger partial charge is 0.416 e. The first-order chi connectivity index (χ1) is 17.1. The number of oxazole rings is 1. The van der Waals surface area contributed by atoms with Gasteiger partial charge in [0.05, 0.1) is 11.1 Å². The Kier molecular flexibility index (Phi) is 5.86. The third-order valence-electron chi connectivity index (χ3n) is 5.87. The summed E-state index contributed by atoms with van der Waals surface area (Å²) in [7, 11) is 0. The van der Waals surface area contributed by atoms with E-state index >= 15 is 0 Å². The van der Waals surface area contributed by atoms with Gasteiger partial charge in [0.15, 0.2) is 11.7 Å². The van der Waals surface area contributed by atoms with Gasteiger partial charge < -0.3 is 9.40 Å². The van der Waals surface area contributed by atoms with E-state index in [9.17, 15) is 26.3 Å². The third-order valence-corrected chi connectivity index (χ3v) is 5.87. The molecule has 2 aromatic heterocycles. The van der Waals surface area contributed by atoms with Gasteiger partial charge in [0, 0.05) is 34.6 Å². The van der Waals surface area contributed by atoms with Crippen LogP contribution in [0.25, 0.3) is 33.5 Å². The molecule has 9 heteroatoms. The Labute approximate surface area is 201 Å². The first-order valence-electron chi connectivity index (χ1n) is 11.0. The van der Waals surface area contributed by atoms with Gasteiger partial charge in [0.2, 0.25) is 0 Å². The number of halogens is 6. The maximum absolute atomic E-state index is 13.3. The van der Waals surface area contributed by atoms with Gasteiger partial charge >= 0.3 is 12.4 Å². The molecule has 2 heterocycles. The van der Waals surface area contributed by atoms with Crippen molar-refractivity contribution < 1.29 is 30.8 Å². The standard InChI is InChI=1S/C27H18F6N2O/c28-26(29,30)19-7-3-5-16(13-19)24-25(17-6-4-8-20(14-17)27(31,32)33)36-23(35-24)12-11-18-15-34-22-10-2-1-9-21(18)22/h1-10,13-15,34H,11-12H2. The second kappa shape index (κ2) is 8.89. The molecule has 0 saturated heterocycles. The van der Waals surface area contributed by atoms with Crippen molar-refractivity contribution in [2.45, 2.75) is 25.2 Å². The molecule has 184 valence electrons. The number of para-hydroxylation sites is 1. The highest BCUT2D eigenvalue weighted by atomic mass is 19.4. The SMILES string of the molecule is FC(F)(F)c1cccc(-c2nc(CCc3c[nH]c4ccccc34)oc2-c2cccc(C(F)(F)F)c2)c1. The molecule has 0 aliphatic heterocycles. The van der Waals surface area contributed by atoms with Gasteiger partial charge in [-0.15, -0.1) is 0 Å². The largest absolute Gasteiger partial charge is 0.440 e. The van der Waals surface area contributed by atoms with E-state index < -0.39 is 23.5 Å². The molecular weight excluding hydrogens is 482 g/mol. The molecule has 0 unspecified atom stereocenters. The number of nitrogens with one attached hydrogen (secondary N) is 1. The van der Waals surface area contributed by atoms with E-state index in [1.54, 1.807) is 0 Å². The van der Waals surface area contributed by atoms with Crippen LogP contribution in [0.2, 0.25) is 0 Å². The topological polar surface area (TPSA) is 41.8 Å². The monoisotopic (exact) mass is 500 g/mol. The maximum Gasteiger partial charge on any atom is 0.416 e. The number of aryl methyl sites for hydroxylation is 2. The second-order valence-electron chi connectivity index (χ2n) is 8.30. The number of fused-ring (bicyclic) bond motifs is 1. The van der Waals surface area contributed by atoms with Gasteiger partial charge in [-0.05, 0) is 42.3 Å². The fraction of sp³-hybridized carbons (Fsp3) is 0.148. The Bertz CT molecular complexity index is 1450. The van der Waals surface area contributed by atoms with Gasteiger partial charge in [-0.2, -0.15) is 26.3 Å². The summed E-state index contributed by atoms with van der Waals surface area (Å²) in [6, 6.07) is 16.6. The summed E-state index contributed by atoms with van der Waals surface area (Å²) in [5.41, 5.74) is 0.376. The van der Waals surface area contributed by atoms with Gasteiger partial charge in [0.25, 0.3) is 0 Å². The van der Waals surface area contributed by atoms with Crippen molar-refractivity contribution in [1.29, 1.82) is 0 Å². The van der Waals surface area contributed by atoms with Crippen molar-refractivity contribution in [1.82, 2.24) is 9.97 Å². The summed E-state index contributed by atoms with van der Waals surface area (Å²) in [6.07, 6.45) is -6.52. The highest BCUT2D eigenvalue weighted by molar-refractivity contribution is 5.83. The molecule has 5 rings (SSSR count).